The lowest BCUT2D eigenvalue weighted by molar-refractivity contribution is -0.671. The maximum Gasteiger partial charge on any atom is 0.317 e. The van der Waals surface area contributed by atoms with Gasteiger partial charge in [-0.05, 0) is 48.0 Å². The van der Waals surface area contributed by atoms with E-state index in [1.54, 1.807) is 6.92 Å². The normalized spacial score (nSPS) is 14.3. The van der Waals surface area contributed by atoms with Crippen molar-refractivity contribution in [1.29, 1.82) is 0 Å². The summed E-state index contributed by atoms with van der Waals surface area (Å²) in [6.07, 6.45) is 7.25. The first kappa shape index (κ1) is 25.1. The van der Waals surface area contributed by atoms with Crippen molar-refractivity contribution in [2.75, 3.05) is 19.8 Å². The van der Waals surface area contributed by atoms with Crippen LogP contribution in [-0.2, 0) is 37.4 Å². The summed E-state index contributed by atoms with van der Waals surface area (Å²) in [7, 11) is 1.96. The molecule has 1 atom stereocenters. The molecule has 0 fully saturated rings. The van der Waals surface area contributed by atoms with Crippen LogP contribution in [0, 0.1) is 10.8 Å². The molecule has 1 aromatic heterocycles. The summed E-state index contributed by atoms with van der Waals surface area (Å²) in [5.41, 5.74) is -2.08. The fourth-order valence-electron chi connectivity index (χ4n) is 2.32. The van der Waals surface area contributed by atoms with Gasteiger partial charge in [-0.1, -0.05) is 6.92 Å². The Kier molecular flexibility index (Phi) is 8.87. The van der Waals surface area contributed by atoms with Gasteiger partial charge in [0.1, 0.15) is 24.4 Å². The van der Waals surface area contributed by atoms with E-state index in [0.29, 0.717) is 19.4 Å². The van der Waals surface area contributed by atoms with E-state index >= 15 is 0 Å². The van der Waals surface area contributed by atoms with Crippen LogP contribution in [0.1, 0.15) is 61.3 Å². The van der Waals surface area contributed by atoms with Gasteiger partial charge in [-0.15, -0.1) is 0 Å². The molecule has 1 aromatic rings. The van der Waals surface area contributed by atoms with Crippen LogP contribution in [0.5, 0.6) is 0 Å². The molecule has 0 radical (unpaired) electrons. The van der Waals surface area contributed by atoms with Crippen LogP contribution in [0.2, 0.25) is 0 Å². The summed E-state index contributed by atoms with van der Waals surface area (Å²) in [6, 6.07) is 0. The van der Waals surface area contributed by atoms with Gasteiger partial charge in [-0.3, -0.25) is 9.59 Å². The van der Waals surface area contributed by atoms with Crippen molar-refractivity contribution in [2.45, 2.75) is 73.5 Å². The molecule has 0 aliphatic carbocycles. The van der Waals surface area contributed by atoms with Crippen LogP contribution in [0.4, 0.5) is 0 Å². The topological polar surface area (TPSA) is 70.6 Å². The van der Waals surface area contributed by atoms with Crippen molar-refractivity contribution >= 4 is 11.9 Å². The Morgan fingerprint density at radius 3 is 2.17 bits per heavy atom. The molecule has 0 aliphatic heterocycles. The Balaban J connectivity index is 2.67. The Bertz CT molecular complexity index is 675. The van der Waals surface area contributed by atoms with Gasteiger partial charge in [0.15, 0.2) is 0 Å². The van der Waals surface area contributed by atoms with Crippen molar-refractivity contribution in [1.82, 2.24) is 4.57 Å². The second kappa shape index (κ2) is 10.2. The third-order valence-corrected chi connectivity index (χ3v) is 4.89. The Morgan fingerprint density at radius 2 is 1.66 bits per heavy atom. The van der Waals surface area contributed by atoms with Gasteiger partial charge in [-0.2, -0.15) is 0 Å². The van der Waals surface area contributed by atoms with Crippen LogP contribution in [0.15, 0.2) is 18.7 Å². The summed E-state index contributed by atoms with van der Waals surface area (Å²) in [5, 5.41) is 0. The molecule has 0 amide bonds. The molecule has 7 nitrogen and oxygen atoms in total. The predicted octanol–water partition coefficient (Wildman–Crippen LogP) is 3.05. The lowest BCUT2D eigenvalue weighted by atomic mass is 9.89. The number of imidazole rings is 1. The highest BCUT2D eigenvalue weighted by Gasteiger charge is 2.40. The van der Waals surface area contributed by atoms with Gasteiger partial charge in [0.2, 0.25) is 6.33 Å². The number of rotatable bonds is 11. The van der Waals surface area contributed by atoms with E-state index in [1.165, 1.54) is 0 Å². The maximum atomic E-state index is 12.8. The van der Waals surface area contributed by atoms with Gasteiger partial charge < -0.3 is 14.2 Å². The fraction of sp³-hybridized carbons (Fsp3) is 0.773. The standard InChI is InChI=1S/C22H39N2O5/c1-9-21(5,6)18(25)28-15-22(7,16-29-20(2,3)4)19(26)27-14-10-11-24-13-12-23(8)17-24/h12-13,17H,9-11,14-16H2,1-8H3/q+1. The second-order valence-electron chi connectivity index (χ2n) is 9.58. The van der Waals surface area contributed by atoms with Crippen molar-refractivity contribution < 1.29 is 28.4 Å². The Hall–Kier alpha value is -1.89. The molecule has 0 saturated heterocycles. The molecule has 7 heteroatoms. The van der Waals surface area contributed by atoms with Crippen molar-refractivity contribution in [3.05, 3.63) is 18.7 Å². The molecular weight excluding hydrogens is 372 g/mol. The van der Waals surface area contributed by atoms with E-state index in [9.17, 15) is 9.59 Å². The minimum atomic E-state index is -1.06. The number of aromatic nitrogens is 2. The molecule has 166 valence electrons. The zero-order valence-electron chi connectivity index (χ0n) is 19.4. The SMILES string of the molecule is CCC(C)(C)C(=O)OCC(C)(COC(C)(C)C)C(=O)OCCCn1cc[n+](C)c1. The zero-order chi connectivity index (χ0) is 22.3. The van der Waals surface area contributed by atoms with Crippen LogP contribution >= 0.6 is 0 Å². The van der Waals surface area contributed by atoms with Crippen LogP contribution in [0.3, 0.4) is 0 Å². The van der Waals surface area contributed by atoms with E-state index in [-0.39, 0.29) is 19.2 Å². The van der Waals surface area contributed by atoms with Gasteiger partial charge in [0.25, 0.3) is 0 Å². The first-order valence-electron chi connectivity index (χ1n) is 10.3. The number of hydrogen-bond acceptors (Lipinski definition) is 5. The highest BCUT2D eigenvalue weighted by Crippen LogP contribution is 2.27. The minimum absolute atomic E-state index is 0.0718. The first-order valence-corrected chi connectivity index (χ1v) is 10.3. The Morgan fingerprint density at radius 1 is 1.00 bits per heavy atom. The average Bonchev–Trinajstić information content (AvgIpc) is 3.05. The molecule has 0 aliphatic rings. The average molecular weight is 412 g/mol. The first-order chi connectivity index (χ1) is 13.3. The molecular formula is C22H39N2O5+. The largest absolute Gasteiger partial charge is 0.465 e. The van der Waals surface area contributed by atoms with E-state index < -0.39 is 22.4 Å². The smallest absolute Gasteiger partial charge is 0.317 e. The van der Waals surface area contributed by atoms with E-state index in [2.05, 4.69) is 0 Å². The van der Waals surface area contributed by atoms with Gasteiger partial charge in [-0.25, -0.2) is 9.13 Å². The molecule has 29 heavy (non-hydrogen) atoms. The molecule has 1 heterocycles. The van der Waals surface area contributed by atoms with Crippen LogP contribution < -0.4 is 4.57 Å². The van der Waals surface area contributed by atoms with Gasteiger partial charge in [0, 0.05) is 6.42 Å². The second-order valence-corrected chi connectivity index (χ2v) is 9.58. The molecule has 0 saturated carbocycles. The molecule has 0 spiro atoms. The summed E-state index contributed by atoms with van der Waals surface area (Å²) < 4.78 is 20.8. The van der Waals surface area contributed by atoms with Crippen molar-refractivity contribution in [3.63, 3.8) is 0 Å². The molecule has 0 bridgehead atoms. The van der Waals surface area contributed by atoms with Crippen molar-refractivity contribution in [3.8, 4) is 0 Å². The summed E-state index contributed by atoms with van der Waals surface area (Å²) in [6.45, 7) is 14.2. The zero-order valence-corrected chi connectivity index (χ0v) is 19.4. The summed E-state index contributed by atoms with van der Waals surface area (Å²) >= 11 is 0. The number of esters is 2. The molecule has 1 unspecified atom stereocenters. The van der Waals surface area contributed by atoms with Crippen molar-refractivity contribution in [2.24, 2.45) is 17.9 Å². The van der Waals surface area contributed by atoms with Gasteiger partial charge in [0.05, 0.1) is 37.8 Å². The third kappa shape index (κ3) is 8.56. The number of carbonyl (C=O) groups excluding carboxylic acids is 2. The number of nitrogens with zero attached hydrogens (tertiary/aromatic N) is 2. The molecule has 1 rings (SSSR count). The van der Waals surface area contributed by atoms with E-state index in [4.69, 9.17) is 14.2 Å². The lowest BCUT2D eigenvalue weighted by Crippen LogP contribution is -2.43. The van der Waals surface area contributed by atoms with Crippen LogP contribution in [-0.4, -0.2) is 41.9 Å². The molecule has 0 N–H and O–H groups in total. The maximum absolute atomic E-state index is 12.8. The Labute approximate surface area is 175 Å². The highest BCUT2D eigenvalue weighted by atomic mass is 16.6. The van der Waals surface area contributed by atoms with E-state index in [1.807, 2.05) is 76.4 Å². The number of hydrogen-bond donors (Lipinski definition) is 0. The predicted molar refractivity (Wildman–Crippen MR) is 110 cm³/mol. The van der Waals surface area contributed by atoms with Crippen LogP contribution in [0.25, 0.3) is 0 Å². The fourth-order valence-corrected chi connectivity index (χ4v) is 2.32. The minimum Gasteiger partial charge on any atom is -0.465 e. The summed E-state index contributed by atoms with van der Waals surface area (Å²) in [4.78, 5) is 25.2. The third-order valence-electron chi connectivity index (χ3n) is 4.89. The monoisotopic (exact) mass is 411 g/mol. The quantitative estimate of drug-likeness (QED) is 0.318. The van der Waals surface area contributed by atoms with E-state index in [0.717, 1.165) is 6.54 Å². The lowest BCUT2D eigenvalue weighted by Gasteiger charge is -2.31. The number of aryl methyl sites for hydroxylation is 2. The highest BCUT2D eigenvalue weighted by molar-refractivity contribution is 5.79. The number of carbonyl (C=O) groups is 2. The molecule has 0 aromatic carbocycles. The van der Waals surface area contributed by atoms with Gasteiger partial charge >= 0.3 is 11.9 Å². The summed E-state index contributed by atoms with van der Waals surface area (Å²) in [5.74, 6) is -0.739. The number of ether oxygens (including phenoxy) is 3.